The summed E-state index contributed by atoms with van der Waals surface area (Å²) in [7, 11) is 0. The van der Waals surface area contributed by atoms with Crippen molar-refractivity contribution >= 4 is 29.7 Å². The van der Waals surface area contributed by atoms with Gasteiger partial charge in [-0.25, -0.2) is 0 Å². The molecular formula is C17H29N3O9. The lowest BCUT2D eigenvalue weighted by atomic mass is 10.3. The maximum atomic E-state index is 11.6. The predicted molar refractivity (Wildman–Crippen MR) is 99.5 cm³/mol. The number of carbonyl (C=O) groups excluding carboxylic acids is 2. The number of rotatable bonds is 17. The van der Waals surface area contributed by atoms with E-state index in [4.69, 9.17) is 20.1 Å². The third kappa shape index (κ3) is 15.1. The molecule has 166 valence electrons. The molecule has 12 heteroatoms. The van der Waals surface area contributed by atoms with E-state index in [-0.39, 0.29) is 64.7 Å². The van der Waals surface area contributed by atoms with Gasteiger partial charge in [0.15, 0.2) is 0 Å². The fraction of sp³-hybridized carbons (Fsp3) is 0.706. The largest absolute Gasteiger partial charge is 0.480 e. The summed E-state index contributed by atoms with van der Waals surface area (Å²) < 4.78 is 4.80. The lowest BCUT2D eigenvalue weighted by Gasteiger charge is -2.27. The van der Waals surface area contributed by atoms with Crippen molar-refractivity contribution in [2.24, 2.45) is 0 Å². The van der Waals surface area contributed by atoms with Gasteiger partial charge in [-0.15, -0.1) is 0 Å². The number of ether oxygens (including phenoxy) is 1. The van der Waals surface area contributed by atoms with Crippen LogP contribution in [0.15, 0.2) is 0 Å². The maximum absolute atomic E-state index is 11.6. The van der Waals surface area contributed by atoms with Crippen LogP contribution in [0.1, 0.15) is 13.8 Å². The van der Waals surface area contributed by atoms with Gasteiger partial charge in [-0.05, 0) is 13.8 Å². The molecule has 0 aliphatic heterocycles. The first kappa shape index (κ1) is 26.4. The number of ketones is 1. The van der Waals surface area contributed by atoms with Crippen LogP contribution in [0.25, 0.3) is 0 Å². The summed E-state index contributed by atoms with van der Waals surface area (Å²) >= 11 is 0. The van der Waals surface area contributed by atoms with Crippen molar-refractivity contribution < 1.29 is 44.0 Å². The summed E-state index contributed by atoms with van der Waals surface area (Å²) in [5, 5.41) is 27.0. The van der Waals surface area contributed by atoms with E-state index in [9.17, 15) is 24.0 Å². The first-order valence-electron chi connectivity index (χ1n) is 9.01. The fourth-order valence-electron chi connectivity index (χ4n) is 2.54. The normalized spacial score (nSPS) is 11.1. The Kier molecular flexibility index (Phi) is 13.2. The number of carboxylic acids is 3. The topological polar surface area (TPSA) is 165 Å². The number of nitrogens with zero attached hydrogens (tertiary/aromatic N) is 3. The summed E-state index contributed by atoms with van der Waals surface area (Å²) in [6.07, 6.45) is 0. The van der Waals surface area contributed by atoms with E-state index in [0.29, 0.717) is 0 Å². The van der Waals surface area contributed by atoms with Crippen LogP contribution < -0.4 is 0 Å². The molecule has 0 spiro atoms. The maximum Gasteiger partial charge on any atom is 0.320 e. The van der Waals surface area contributed by atoms with Crippen LogP contribution in [0.5, 0.6) is 0 Å². The van der Waals surface area contributed by atoms with Crippen molar-refractivity contribution in [1.82, 2.24) is 14.7 Å². The first-order valence-corrected chi connectivity index (χ1v) is 9.01. The van der Waals surface area contributed by atoms with E-state index in [0.717, 1.165) is 0 Å². The van der Waals surface area contributed by atoms with E-state index < -0.39 is 30.4 Å². The van der Waals surface area contributed by atoms with Crippen molar-refractivity contribution in [3.8, 4) is 0 Å². The Hall–Kier alpha value is -2.57. The minimum Gasteiger partial charge on any atom is -0.480 e. The highest BCUT2D eigenvalue weighted by Gasteiger charge is 2.19. The summed E-state index contributed by atoms with van der Waals surface area (Å²) in [6, 6.07) is 0. The average molecular weight is 419 g/mol. The zero-order valence-corrected chi connectivity index (χ0v) is 16.7. The zero-order chi connectivity index (χ0) is 22.4. The van der Waals surface area contributed by atoms with Crippen LogP contribution in [0.4, 0.5) is 0 Å². The van der Waals surface area contributed by atoms with Crippen molar-refractivity contribution in [2.75, 3.05) is 65.5 Å². The van der Waals surface area contributed by atoms with Crippen LogP contribution in [-0.4, -0.2) is 125 Å². The van der Waals surface area contributed by atoms with E-state index in [1.807, 2.05) is 0 Å². The monoisotopic (exact) mass is 419 g/mol. The van der Waals surface area contributed by atoms with E-state index in [1.54, 1.807) is 6.92 Å². The van der Waals surface area contributed by atoms with Crippen LogP contribution in [0.2, 0.25) is 0 Å². The van der Waals surface area contributed by atoms with Crippen molar-refractivity contribution in [3.05, 3.63) is 0 Å². The Morgan fingerprint density at radius 1 is 0.655 bits per heavy atom. The van der Waals surface area contributed by atoms with E-state index >= 15 is 0 Å². The van der Waals surface area contributed by atoms with Crippen LogP contribution >= 0.6 is 0 Å². The van der Waals surface area contributed by atoms with Gasteiger partial charge in [0.05, 0.1) is 39.3 Å². The Balaban J connectivity index is 4.93. The Bertz CT molecular complexity index is 566. The van der Waals surface area contributed by atoms with Gasteiger partial charge in [0, 0.05) is 26.2 Å². The van der Waals surface area contributed by atoms with Gasteiger partial charge in [0.2, 0.25) is 0 Å². The molecule has 0 aromatic carbocycles. The number of aliphatic carboxylic acids is 3. The number of hydrogen-bond donors (Lipinski definition) is 3. The van der Waals surface area contributed by atoms with Gasteiger partial charge in [-0.3, -0.25) is 38.7 Å². The molecule has 0 aromatic rings. The van der Waals surface area contributed by atoms with Crippen molar-refractivity contribution in [2.45, 2.75) is 13.8 Å². The molecule has 3 N–H and O–H groups in total. The third-order valence-electron chi connectivity index (χ3n) is 3.65. The number of hydrogen-bond acceptors (Lipinski definition) is 9. The number of carboxylic acid groups (broad SMARTS) is 3. The van der Waals surface area contributed by atoms with Crippen LogP contribution in [0, 0.1) is 0 Å². The molecule has 0 aliphatic rings. The number of esters is 1. The van der Waals surface area contributed by atoms with Crippen molar-refractivity contribution in [1.29, 1.82) is 0 Å². The Morgan fingerprint density at radius 2 is 1.03 bits per heavy atom. The molecule has 0 fully saturated rings. The second kappa shape index (κ2) is 14.4. The standard InChI is InChI=1S/C17H29N3O9/c1-3-29-17(28)12-20(11-16(26)27)7-5-18(9-14(22)23)4-6-19(8-13(2)21)10-15(24)25/h3-12H2,1-2H3,(H,22,23)(H,24,25)(H,26,27). The SMILES string of the molecule is CCOC(=O)CN(CCN(CCN(CC(C)=O)CC(=O)O)CC(=O)O)CC(=O)O. The first-order chi connectivity index (χ1) is 13.5. The highest BCUT2D eigenvalue weighted by molar-refractivity contribution is 5.78. The van der Waals surface area contributed by atoms with Gasteiger partial charge in [0.25, 0.3) is 0 Å². The van der Waals surface area contributed by atoms with E-state index in [2.05, 4.69) is 0 Å². The van der Waals surface area contributed by atoms with Crippen LogP contribution in [0.3, 0.4) is 0 Å². The minimum atomic E-state index is -1.15. The predicted octanol–water partition coefficient (Wildman–Crippen LogP) is -1.70. The lowest BCUT2D eigenvalue weighted by molar-refractivity contribution is -0.146. The summed E-state index contributed by atoms with van der Waals surface area (Å²) in [5.74, 6) is -4.19. The molecule has 0 unspecified atom stereocenters. The van der Waals surface area contributed by atoms with Gasteiger partial charge in [-0.2, -0.15) is 0 Å². The van der Waals surface area contributed by atoms with Gasteiger partial charge in [0.1, 0.15) is 5.78 Å². The molecule has 12 nitrogen and oxygen atoms in total. The molecule has 0 rings (SSSR count). The molecule has 0 amide bonds. The lowest BCUT2D eigenvalue weighted by Crippen LogP contribution is -2.45. The van der Waals surface area contributed by atoms with E-state index in [1.165, 1.54) is 21.6 Å². The smallest absolute Gasteiger partial charge is 0.320 e. The summed E-state index contributed by atoms with van der Waals surface area (Å²) in [6.45, 7) is 2.11. The molecule has 0 aromatic heterocycles. The number of Topliss-reactive ketones (excluding diaryl/α,β-unsaturated/α-hetero) is 1. The molecule has 0 bridgehead atoms. The molecule has 0 aliphatic carbocycles. The molecule has 0 heterocycles. The second-order valence-electron chi connectivity index (χ2n) is 6.39. The third-order valence-corrected chi connectivity index (χ3v) is 3.65. The summed E-state index contributed by atoms with van der Waals surface area (Å²) in [4.78, 5) is 60.1. The molecule has 0 radical (unpaired) electrons. The molecule has 0 atom stereocenters. The average Bonchev–Trinajstić information content (AvgIpc) is 2.55. The number of carbonyl (C=O) groups is 5. The quantitative estimate of drug-likeness (QED) is 0.229. The molecule has 29 heavy (non-hydrogen) atoms. The van der Waals surface area contributed by atoms with Gasteiger partial charge >= 0.3 is 23.9 Å². The Morgan fingerprint density at radius 3 is 1.41 bits per heavy atom. The molecular weight excluding hydrogens is 390 g/mol. The van der Waals surface area contributed by atoms with Gasteiger partial charge in [-0.1, -0.05) is 0 Å². The summed E-state index contributed by atoms with van der Waals surface area (Å²) in [5.41, 5.74) is 0. The minimum absolute atomic E-state index is 0.0821. The Labute approximate surface area is 168 Å². The fourth-order valence-corrected chi connectivity index (χ4v) is 2.54. The highest BCUT2D eigenvalue weighted by atomic mass is 16.5. The zero-order valence-electron chi connectivity index (χ0n) is 16.7. The van der Waals surface area contributed by atoms with Crippen LogP contribution in [-0.2, 0) is 28.7 Å². The van der Waals surface area contributed by atoms with Crippen molar-refractivity contribution in [3.63, 3.8) is 0 Å². The molecule has 0 saturated heterocycles. The molecule has 0 saturated carbocycles. The second-order valence-corrected chi connectivity index (χ2v) is 6.39. The van der Waals surface area contributed by atoms with Gasteiger partial charge < -0.3 is 20.1 Å². The highest BCUT2D eigenvalue weighted by Crippen LogP contribution is 1.98.